The highest BCUT2D eigenvalue weighted by Crippen LogP contribution is 2.42. The van der Waals surface area contributed by atoms with Crippen LogP contribution < -0.4 is 14.4 Å². The molecule has 0 saturated carbocycles. The average molecular weight is 572 g/mol. The molecule has 0 saturated heterocycles. The van der Waals surface area contributed by atoms with Gasteiger partial charge in [0, 0.05) is 38.4 Å². The summed E-state index contributed by atoms with van der Waals surface area (Å²) in [5.41, 5.74) is 2.38. The van der Waals surface area contributed by atoms with Gasteiger partial charge in [-0.05, 0) is 47.2 Å². The highest BCUT2D eigenvalue weighted by atomic mass is 32.2. The van der Waals surface area contributed by atoms with Gasteiger partial charge in [0.2, 0.25) is 11.8 Å². The van der Waals surface area contributed by atoms with E-state index in [2.05, 4.69) is 5.32 Å². The van der Waals surface area contributed by atoms with Crippen molar-refractivity contribution in [2.24, 2.45) is 0 Å². The minimum Gasteiger partial charge on any atom is -0.497 e. The molecule has 0 aromatic heterocycles. The lowest BCUT2D eigenvalue weighted by Crippen LogP contribution is -2.49. The van der Waals surface area contributed by atoms with E-state index in [0.717, 1.165) is 16.5 Å². The third-order valence-electron chi connectivity index (χ3n) is 7.44. The number of anilines is 1. The second kappa shape index (κ2) is 12.0. The van der Waals surface area contributed by atoms with Crippen molar-refractivity contribution in [1.82, 2.24) is 10.2 Å². The Balaban J connectivity index is 1.38. The van der Waals surface area contributed by atoms with Crippen molar-refractivity contribution >= 4 is 38.3 Å². The number of carbonyl (C=O) groups is 2. The summed E-state index contributed by atoms with van der Waals surface area (Å²) in [5, 5.41) is 4.29. The molecule has 1 N–H and O–H groups in total. The number of hydrogen-bond acceptors (Lipinski definition) is 5. The Labute approximate surface area is 240 Å². The summed E-state index contributed by atoms with van der Waals surface area (Å²) >= 11 is 0. The maximum absolute atomic E-state index is 13.8. The van der Waals surface area contributed by atoms with Crippen LogP contribution in [0.1, 0.15) is 24.0 Å². The maximum atomic E-state index is 13.8. The van der Waals surface area contributed by atoms with Crippen LogP contribution in [0, 0.1) is 0 Å². The molecule has 2 amide bonds. The van der Waals surface area contributed by atoms with Crippen LogP contribution in [0.4, 0.5) is 5.69 Å². The molecular formula is C32H33N3O5S. The molecule has 0 bridgehead atoms. The summed E-state index contributed by atoms with van der Waals surface area (Å²) < 4.78 is 33.5. The van der Waals surface area contributed by atoms with E-state index in [1.165, 1.54) is 4.31 Å². The van der Waals surface area contributed by atoms with Crippen LogP contribution in [0.5, 0.6) is 5.75 Å². The zero-order valence-electron chi connectivity index (χ0n) is 23.1. The lowest BCUT2D eigenvalue weighted by Gasteiger charge is -2.31. The van der Waals surface area contributed by atoms with Crippen molar-refractivity contribution in [3.05, 3.63) is 102 Å². The number of rotatable bonds is 11. The molecule has 1 aliphatic rings. The summed E-state index contributed by atoms with van der Waals surface area (Å²) in [6.45, 7) is 0.353. The summed E-state index contributed by atoms with van der Waals surface area (Å²) in [6, 6.07) is 27.0. The maximum Gasteiger partial charge on any atom is 0.265 e. The fraction of sp³-hybridized carbons (Fsp3) is 0.250. The van der Waals surface area contributed by atoms with Crippen molar-refractivity contribution in [3.8, 4) is 5.75 Å². The van der Waals surface area contributed by atoms with Gasteiger partial charge in [-0.2, -0.15) is 0 Å². The number of carbonyl (C=O) groups excluding carboxylic acids is 2. The number of hydrogen-bond donors (Lipinski definition) is 1. The molecule has 1 heterocycles. The summed E-state index contributed by atoms with van der Waals surface area (Å²) in [7, 11) is -0.577. The van der Waals surface area contributed by atoms with Gasteiger partial charge in [-0.1, -0.05) is 66.7 Å². The second-order valence-corrected chi connectivity index (χ2v) is 11.8. The largest absolute Gasteiger partial charge is 0.497 e. The molecule has 5 rings (SSSR count). The van der Waals surface area contributed by atoms with Gasteiger partial charge < -0.3 is 15.0 Å². The first kappa shape index (κ1) is 28.2. The SMILES string of the molecule is CNC(=O)[C@@H](Cc1ccccc1)N(Cc1cccc(OC)c1)C(=O)CCCN1c2cccc3cccc(c23)S1(=O)=O. The van der Waals surface area contributed by atoms with E-state index in [0.29, 0.717) is 34.6 Å². The monoisotopic (exact) mass is 571 g/mol. The van der Waals surface area contributed by atoms with Crippen molar-refractivity contribution < 1.29 is 22.7 Å². The van der Waals surface area contributed by atoms with Gasteiger partial charge in [-0.3, -0.25) is 13.9 Å². The molecule has 0 spiro atoms. The summed E-state index contributed by atoms with van der Waals surface area (Å²) in [4.78, 5) is 28.9. The zero-order valence-corrected chi connectivity index (χ0v) is 23.9. The predicted octanol–water partition coefficient (Wildman–Crippen LogP) is 4.52. The Bertz CT molecular complexity index is 1670. The molecule has 9 heteroatoms. The van der Waals surface area contributed by atoms with E-state index in [4.69, 9.17) is 4.74 Å². The van der Waals surface area contributed by atoms with Gasteiger partial charge in [0.1, 0.15) is 11.8 Å². The third kappa shape index (κ3) is 5.76. The zero-order chi connectivity index (χ0) is 29.0. The minimum absolute atomic E-state index is 0.0740. The van der Waals surface area contributed by atoms with E-state index in [1.807, 2.05) is 72.8 Å². The lowest BCUT2D eigenvalue weighted by molar-refractivity contribution is -0.141. The van der Waals surface area contributed by atoms with Crippen LogP contribution in [0.2, 0.25) is 0 Å². The molecule has 1 atom stereocenters. The van der Waals surface area contributed by atoms with Crippen molar-refractivity contribution in [2.45, 2.75) is 36.7 Å². The van der Waals surface area contributed by atoms with Crippen LogP contribution >= 0.6 is 0 Å². The lowest BCUT2D eigenvalue weighted by atomic mass is 10.0. The Hall–Kier alpha value is -4.37. The van der Waals surface area contributed by atoms with E-state index in [-0.39, 0.29) is 31.3 Å². The minimum atomic E-state index is -3.72. The number of methoxy groups -OCH3 is 1. The fourth-order valence-electron chi connectivity index (χ4n) is 5.40. The van der Waals surface area contributed by atoms with Crippen LogP contribution in [0.15, 0.2) is 95.9 Å². The van der Waals surface area contributed by atoms with Crippen LogP contribution in [-0.4, -0.2) is 51.9 Å². The smallest absolute Gasteiger partial charge is 0.265 e. The predicted molar refractivity (Wildman–Crippen MR) is 159 cm³/mol. The van der Waals surface area contributed by atoms with Gasteiger partial charge in [-0.15, -0.1) is 0 Å². The topological polar surface area (TPSA) is 96.0 Å². The number of benzene rings is 4. The Morgan fingerprint density at radius 3 is 2.37 bits per heavy atom. The average Bonchev–Trinajstić information content (AvgIpc) is 3.22. The number of sulfonamides is 1. The highest BCUT2D eigenvalue weighted by molar-refractivity contribution is 7.93. The number of ether oxygens (including phenoxy) is 1. The quantitative estimate of drug-likeness (QED) is 0.286. The number of nitrogens with zero attached hydrogens (tertiary/aromatic N) is 2. The van der Waals surface area contributed by atoms with Crippen molar-refractivity contribution in [3.63, 3.8) is 0 Å². The first-order valence-electron chi connectivity index (χ1n) is 13.6. The molecule has 8 nitrogen and oxygen atoms in total. The standard InChI is InChI=1S/C32H33N3O5S/c1-33-32(37)28(21-23-10-4-3-5-11-23)34(22-24-12-6-15-26(20-24)40-2)30(36)18-9-19-35-27-16-7-13-25-14-8-17-29(31(25)27)41(35,38)39/h3-8,10-17,20,28H,9,18-19,21-22H2,1-2H3,(H,33,37)/t28-/m1/s1. The Kier molecular flexibility index (Phi) is 8.26. The van der Waals surface area contributed by atoms with Gasteiger partial charge in [0.25, 0.3) is 10.0 Å². The molecule has 4 aromatic carbocycles. The second-order valence-electron chi connectivity index (χ2n) is 10.0. The molecule has 1 aliphatic heterocycles. The number of amides is 2. The molecule has 0 radical (unpaired) electrons. The van der Waals surface area contributed by atoms with Gasteiger partial charge in [-0.25, -0.2) is 8.42 Å². The number of nitrogens with one attached hydrogen (secondary N) is 1. The van der Waals surface area contributed by atoms with E-state index >= 15 is 0 Å². The molecule has 0 unspecified atom stereocenters. The van der Waals surface area contributed by atoms with Gasteiger partial charge >= 0.3 is 0 Å². The summed E-state index contributed by atoms with van der Waals surface area (Å²) in [6.07, 6.45) is 0.710. The first-order valence-corrected chi connectivity index (χ1v) is 15.0. The fourth-order valence-corrected chi connectivity index (χ4v) is 7.15. The van der Waals surface area contributed by atoms with E-state index < -0.39 is 16.1 Å². The highest BCUT2D eigenvalue weighted by Gasteiger charge is 2.36. The van der Waals surface area contributed by atoms with Crippen molar-refractivity contribution in [1.29, 1.82) is 0 Å². The van der Waals surface area contributed by atoms with Gasteiger partial charge in [0.05, 0.1) is 17.7 Å². The van der Waals surface area contributed by atoms with E-state index in [9.17, 15) is 18.0 Å². The van der Waals surface area contributed by atoms with Crippen molar-refractivity contribution in [2.75, 3.05) is 25.0 Å². The summed E-state index contributed by atoms with van der Waals surface area (Å²) in [5.74, 6) is 0.154. The van der Waals surface area contributed by atoms with Gasteiger partial charge in [0.15, 0.2) is 0 Å². The van der Waals surface area contributed by atoms with E-state index in [1.54, 1.807) is 37.3 Å². The first-order chi connectivity index (χ1) is 19.8. The molecule has 41 heavy (non-hydrogen) atoms. The third-order valence-corrected chi connectivity index (χ3v) is 9.29. The Morgan fingerprint density at radius 1 is 0.927 bits per heavy atom. The molecule has 0 fully saturated rings. The van der Waals surface area contributed by atoms with Crippen LogP contribution in [-0.2, 0) is 32.6 Å². The Morgan fingerprint density at radius 2 is 1.63 bits per heavy atom. The molecule has 4 aromatic rings. The van der Waals surface area contributed by atoms with Crippen LogP contribution in [0.3, 0.4) is 0 Å². The molecule has 0 aliphatic carbocycles. The molecular weight excluding hydrogens is 538 g/mol. The normalized spacial score (nSPS) is 14.0. The van der Waals surface area contributed by atoms with Crippen LogP contribution in [0.25, 0.3) is 10.8 Å². The number of likely N-dealkylation sites (N-methyl/N-ethyl adjacent to an activating group) is 1. The molecule has 212 valence electrons.